The Balaban J connectivity index is 1.89. The van der Waals surface area contributed by atoms with Crippen molar-refractivity contribution in [2.45, 2.75) is 32.0 Å². The summed E-state index contributed by atoms with van der Waals surface area (Å²) in [6.45, 7) is 3.53. The maximum atomic E-state index is 14.1. The first-order valence-corrected chi connectivity index (χ1v) is 9.57. The lowest BCUT2D eigenvalue weighted by Crippen LogP contribution is -2.49. The average molecular weight is 415 g/mol. The van der Waals surface area contributed by atoms with Crippen LogP contribution in [0.25, 0.3) is 0 Å². The molecule has 4 rings (SSSR count). The van der Waals surface area contributed by atoms with Crippen molar-refractivity contribution in [1.82, 2.24) is 10.0 Å². The number of ether oxygens (including phenoxy) is 2. The van der Waals surface area contributed by atoms with Gasteiger partial charge in [-0.1, -0.05) is 12.1 Å². The van der Waals surface area contributed by atoms with Crippen LogP contribution in [-0.2, 0) is 4.74 Å². The molecule has 3 N–H and O–H groups in total. The SMILES string of the molecule is CC(C)OC(=O)N1[C@H](c2cccc(O)c2)[C@@H]2COc3ccc(F)cc3C2N1C(N)=O. The van der Waals surface area contributed by atoms with E-state index in [0.717, 1.165) is 10.0 Å². The molecule has 2 aliphatic rings. The molecular weight excluding hydrogens is 393 g/mol. The molecule has 1 fully saturated rings. The number of carbonyl (C=O) groups excluding carboxylic acids is 2. The van der Waals surface area contributed by atoms with E-state index in [9.17, 15) is 19.1 Å². The van der Waals surface area contributed by atoms with Crippen LogP contribution < -0.4 is 10.5 Å². The van der Waals surface area contributed by atoms with Crippen molar-refractivity contribution in [3.63, 3.8) is 0 Å². The summed E-state index contributed by atoms with van der Waals surface area (Å²) >= 11 is 0. The Hall–Kier alpha value is -3.49. The van der Waals surface area contributed by atoms with Gasteiger partial charge in [-0.15, -0.1) is 0 Å². The topological polar surface area (TPSA) is 105 Å². The summed E-state index contributed by atoms with van der Waals surface area (Å²) in [5.74, 6) is -0.549. The Labute approximate surface area is 172 Å². The van der Waals surface area contributed by atoms with E-state index in [2.05, 4.69) is 0 Å². The molecule has 0 bridgehead atoms. The van der Waals surface area contributed by atoms with Crippen molar-refractivity contribution in [1.29, 1.82) is 0 Å². The number of phenolic OH excluding ortho intramolecular Hbond substituents is 1. The summed E-state index contributed by atoms with van der Waals surface area (Å²) in [5, 5.41) is 12.2. The third kappa shape index (κ3) is 3.26. The van der Waals surface area contributed by atoms with Gasteiger partial charge in [0, 0.05) is 11.5 Å². The van der Waals surface area contributed by atoms with Gasteiger partial charge in [0.1, 0.15) is 17.3 Å². The number of fused-ring (bicyclic) bond motifs is 3. The number of halogens is 1. The third-order valence-corrected chi connectivity index (χ3v) is 5.25. The van der Waals surface area contributed by atoms with Crippen LogP contribution in [-0.4, -0.2) is 40.0 Å². The van der Waals surface area contributed by atoms with Crippen LogP contribution in [0.15, 0.2) is 42.5 Å². The smallest absolute Gasteiger partial charge is 0.429 e. The molecule has 0 spiro atoms. The molecule has 1 saturated heterocycles. The van der Waals surface area contributed by atoms with Gasteiger partial charge in [0.25, 0.3) is 0 Å². The number of urea groups is 1. The van der Waals surface area contributed by atoms with E-state index in [0.29, 0.717) is 16.9 Å². The van der Waals surface area contributed by atoms with Crippen molar-refractivity contribution < 1.29 is 28.6 Å². The Morgan fingerprint density at radius 1 is 1.20 bits per heavy atom. The van der Waals surface area contributed by atoms with Crippen molar-refractivity contribution >= 4 is 12.1 Å². The first-order chi connectivity index (χ1) is 14.3. The highest BCUT2D eigenvalue weighted by Crippen LogP contribution is 2.53. The zero-order valence-electron chi connectivity index (χ0n) is 16.5. The third-order valence-electron chi connectivity index (χ3n) is 5.25. The monoisotopic (exact) mass is 415 g/mol. The van der Waals surface area contributed by atoms with Gasteiger partial charge in [-0.2, -0.15) is 0 Å². The van der Waals surface area contributed by atoms with Gasteiger partial charge in [0.05, 0.1) is 24.8 Å². The predicted molar refractivity (Wildman–Crippen MR) is 104 cm³/mol. The first-order valence-electron chi connectivity index (χ1n) is 9.57. The standard InChI is InChI=1S/C21H22FN3O5/c1-11(2)30-21(28)25-18(12-4-3-5-14(26)8-12)16-10-29-17-7-6-13(22)9-15(17)19(16)24(25)20(23)27/h3-9,11,16,18-19,26H,10H2,1-2H3,(H2,23,27)/t16-,18+,19?/m0/s1. The lowest BCUT2D eigenvalue weighted by molar-refractivity contribution is -0.00599. The summed E-state index contributed by atoms with van der Waals surface area (Å²) in [6, 6.07) is 8.04. The number of nitrogens with zero attached hydrogens (tertiary/aromatic N) is 2. The summed E-state index contributed by atoms with van der Waals surface area (Å²) in [6.07, 6.45) is -1.22. The highest BCUT2D eigenvalue weighted by molar-refractivity contribution is 5.79. The molecule has 2 heterocycles. The second-order valence-electron chi connectivity index (χ2n) is 7.60. The lowest BCUT2D eigenvalue weighted by atomic mass is 9.84. The molecule has 0 aliphatic carbocycles. The Morgan fingerprint density at radius 2 is 1.97 bits per heavy atom. The quantitative estimate of drug-likeness (QED) is 0.781. The summed E-state index contributed by atoms with van der Waals surface area (Å²) in [4.78, 5) is 25.5. The molecule has 0 radical (unpaired) electrons. The molecule has 8 nitrogen and oxygen atoms in total. The Bertz CT molecular complexity index is 998. The number of hydrazine groups is 1. The first kappa shape index (κ1) is 19.8. The van der Waals surface area contributed by atoms with E-state index in [1.807, 2.05) is 0 Å². The fourth-order valence-electron chi connectivity index (χ4n) is 4.21. The molecular formula is C21H22FN3O5. The van der Waals surface area contributed by atoms with E-state index in [1.54, 1.807) is 26.0 Å². The summed E-state index contributed by atoms with van der Waals surface area (Å²) in [5.41, 5.74) is 6.66. The van der Waals surface area contributed by atoms with Gasteiger partial charge < -0.3 is 20.3 Å². The van der Waals surface area contributed by atoms with E-state index >= 15 is 0 Å². The van der Waals surface area contributed by atoms with Gasteiger partial charge in [-0.25, -0.2) is 24.0 Å². The molecule has 9 heteroatoms. The van der Waals surface area contributed by atoms with Crippen LogP contribution in [0.5, 0.6) is 11.5 Å². The normalized spacial score (nSPS) is 22.3. The molecule has 158 valence electrons. The van der Waals surface area contributed by atoms with Crippen LogP contribution in [0.2, 0.25) is 0 Å². The molecule has 1 unspecified atom stereocenters. The number of phenols is 1. The highest BCUT2D eigenvalue weighted by Gasteiger charge is 2.56. The molecule has 2 aliphatic heterocycles. The van der Waals surface area contributed by atoms with E-state index in [-0.39, 0.29) is 12.4 Å². The second kappa shape index (κ2) is 7.40. The summed E-state index contributed by atoms with van der Waals surface area (Å²) in [7, 11) is 0. The maximum absolute atomic E-state index is 14.1. The largest absolute Gasteiger partial charge is 0.508 e. The number of primary amides is 1. The van der Waals surface area contributed by atoms with Crippen LogP contribution in [0.4, 0.5) is 14.0 Å². The number of aromatic hydroxyl groups is 1. The van der Waals surface area contributed by atoms with Gasteiger partial charge in [0.2, 0.25) is 0 Å². The number of rotatable bonds is 2. The summed E-state index contributed by atoms with van der Waals surface area (Å²) < 4.78 is 25.3. The number of carbonyl (C=O) groups is 2. The predicted octanol–water partition coefficient (Wildman–Crippen LogP) is 3.48. The minimum absolute atomic E-state index is 0.00178. The van der Waals surface area contributed by atoms with E-state index < -0.39 is 42.0 Å². The molecule has 0 aromatic heterocycles. The average Bonchev–Trinajstić information content (AvgIpc) is 3.03. The zero-order valence-corrected chi connectivity index (χ0v) is 16.5. The molecule has 3 amide bonds. The van der Waals surface area contributed by atoms with Gasteiger partial charge in [-0.3, -0.25) is 0 Å². The van der Waals surface area contributed by atoms with Gasteiger partial charge >= 0.3 is 12.1 Å². The van der Waals surface area contributed by atoms with Gasteiger partial charge in [-0.05, 0) is 49.7 Å². The van der Waals surface area contributed by atoms with Crippen molar-refractivity contribution in [2.75, 3.05) is 6.61 Å². The minimum atomic E-state index is -0.884. The zero-order chi connectivity index (χ0) is 21.6. The highest BCUT2D eigenvalue weighted by atomic mass is 19.1. The van der Waals surface area contributed by atoms with Gasteiger partial charge in [0.15, 0.2) is 0 Å². The molecule has 30 heavy (non-hydrogen) atoms. The van der Waals surface area contributed by atoms with Crippen molar-refractivity contribution in [2.24, 2.45) is 11.7 Å². The number of nitrogens with two attached hydrogens (primary N) is 1. The van der Waals surface area contributed by atoms with E-state index in [4.69, 9.17) is 15.2 Å². The van der Waals surface area contributed by atoms with E-state index in [1.165, 1.54) is 30.3 Å². The van der Waals surface area contributed by atoms with Crippen molar-refractivity contribution in [3.8, 4) is 11.5 Å². The second-order valence-corrected chi connectivity index (χ2v) is 7.60. The Morgan fingerprint density at radius 3 is 2.63 bits per heavy atom. The number of hydrogen-bond acceptors (Lipinski definition) is 5. The molecule has 3 atom stereocenters. The minimum Gasteiger partial charge on any atom is -0.508 e. The van der Waals surface area contributed by atoms with Crippen LogP contribution in [0.1, 0.15) is 37.1 Å². The fourth-order valence-corrected chi connectivity index (χ4v) is 4.21. The number of amides is 3. The Kier molecular flexibility index (Phi) is 4.89. The fraction of sp³-hybridized carbons (Fsp3) is 0.333. The molecule has 2 aromatic carbocycles. The van der Waals surface area contributed by atoms with Crippen LogP contribution in [0, 0.1) is 11.7 Å². The van der Waals surface area contributed by atoms with Crippen LogP contribution in [0.3, 0.4) is 0 Å². The molecule has 0 saturated carbocycles. The number of benzene rings is 2. The van der Waals surface area contributed by atoms with Crippen molar-refractivity contribution in [3.05, 3.63) is 59.4 Å². The number of hydrogen-bond donors (Lipinski definition) is 2. The van der Waals surface area contributed by atoms with Crippen LogP contribution >= 0.6 is 0 Å². The maximum Gasteiger partial charge on any atom is 0.429 e. The molecule has 2 aromatic rings. The lowest BCUT2D eigenvalue weighted by Gasteiger charge is -2.33.